The van der Waals surface area contributed by atoms with Gasteiger partial charge in [0.05, 0.1) is 6.20 Å². The quantitative estimate of drug-likeness (QED) is 0.809. The molecule has 0 saturated carbocycles. The number of nitrogens with two attached hydrogens (primary N) is 1. The minimum Gasteiger partial charge on any atom is -0.456 e. The monoisotopic (exact) mass is 228 g/mol. The maximum Gasteiger partial charge on any atom is 0.145 e. The van der Waals surface area contributed by atoms with Gasteiger partial charge in [0, 0.05) is 23.4 Å². The van der Waals surface area contributed by atoms with Gasteiger partial charge in [-0.15, -0.1) is 6.58 Å². The predicted molar refractivity (Wildman–Crippen MR) is 68.1 cm³/mol. The van der Waals surface area contributed by atoms with E-state index in [1.54, 1.807) is 12.4 Å². The van der Waals surface area contributed by atoms with Gasteiger partial charge in [0.15, 0.2) is 0 Å². The minimum absolute atomic E-state index is 0.165. The van der Waals surface area contributed by atoms with Crippen LogP contribution in [-0.2, 0) is 0 Å². The number of aromatic nitrogens is 1. The van der Waals surface area contributed by atoms with E-state index in [2.05, 4.69) is 18.5 Å². The van der Waals surface area contributed by atoms with Gasteiger partial charge >= 0.3 is 0 Å². The Morgan fingerprint density at radius 3 is 3.00 bits per heavy atom. The molecule has 1 heterocycles. The van der Waals surface area contributed by atoms with Crippen molar-refractivity contribution < 1.29 is 4.74 Å². The lowest BCUT2D eigenvalue weighted by Crippen LogP contribution is -2.25. The summed E-state index contributed by atoms with van der Waals surface area (Å²) < 4.78 is 5.67. The molecule has 0 bridgehead atoms. The van der Waals surface area contributed by atoms with E-state index >= 15 is 0 Å². The topological polar surface area (TPSA) is 48.1 Å². The van der Waals surface area contributed by atoms with E-state index in [0.717, 1.165) is 17.9 Å². The Labute approximate surface area is 101 Å². The molecule has 0 aliphatic heterocycles. The first-order chi connectivity index (χ1) is 8.14. The second-order valence-electron chi connectivity index (χ2n) is 4.32. The summed E-state index contributed by atoms with van der Waals surface area (Å²) in [6, 6.07) is 3.69. The zero-order valence-corrected chi connectivity index (χ0v) is 9.89. The molecule has 0 radical (unpaired) electrons. The van der Waals surface area contributed by atoms with Crippen molar-refractivity contribution in [2.75, 3.05) is 0 Å². The third-order valence-corrected chi connectivity index (χ3v) is 3.01. The third-order valence-electron chi connectivity index (χ3n) is 3.01. The van der Waals surface area contributed by atoms with Crippen LogP contribution in [0.25, 0.3) is 0 Å². The lowest BCUT2D eigenvalue weighted by molar-refractivity contribution is 0.413. The fourth-order valence-electron chi connectivity index (χ4n) is 1.62. The molecule has 2 N–H and O–H groups in total. The van der Waals surface area contributed by atoms with Crippen molar-refractivity contribution in [3.05, 3.63) is 60.8 Å². The molecule has 17 heavy (non-hydrogen) atoms. The second-order valence-corrected chi connectivity index (χ2v) is 4.32. The zero-order chi connectivity index (χ0) is 12.3. The van der Waals surface area contributed by atoms with E-state index < -0.39 is 0 Å². The second kappa shape index (κ2) is 4.45. The molecule has 88 valence electrons. The lowest BCUT2D eigenvalue weighted by atomic mass is 9.80. The van der Waals surface area contributed by atoms with Crippen LogP contribution >= 0.6 is 0 Å². The van der Waals surface area contributed by atoms with Crippen LogP contribution in [0.3, 0.4) is 0 Å². The fraction of sp³-hybridized carbons (Fsp3) is 0.214. The molecule has 1 aliphatic rings. The summed E-state index contributed by atoms with van der Waals surface area (Å²) in [5.74, 6) is 1.47. The number of hydrogen-bond acceptors (Lipinski definition) is 3. The molecule has 0 amide bonds. The summed E-state index contributed by atoms with van der Waals surface area (Å²) in [7, 11) is 0. The minimum atomic E-state index is -0.165. The average Bonchev–Trinajstić information content (AvgIpc) is 2.35. The number of hydrogen-bond donors (Lipinski definition) is 1. The predicted octanol–water partition coefficient (Wildman–Crippen LogP) is 2.78. The van der Waals surface area contributed by atoms with Gasteiger partial charge in [-0.2, -0.15) is 0 Å². The van der Waals surface area contributed by atoms with Gasteiger partial charge in [0.2, 0.25) is 0 Å². The van der Waals surface area contributed by atoms with Crippen molar-refractivity contribution in [2.24, 2.45) is 11.1 Å². The molecule has 1 unspecified atom stereocenters. The Hall–Kier alpha value is -2.03. The molecule has 1 atom stereocenters. The van der Waals surface area contributed by atoms with Gasteiger partial charge in [-0.1, -0.05) is 13.0 Å². The van der Waals surface area contributed by atoms with Gasteiger partial charge in [-0.25, -0.2) is 0 Å². The normalized spacial score (nSPS) is 23.6. The van der Waals surface area contributed by atoms with Crippen LogP contribution in [0.2, 0.25) is 0 Å². The third kappa shape index (κ3) is 2.38. The maximum absolute atomic E-state index is 6.02. The first-order valence-electron chi connectivity index (χ1n) is 5.53. The van der Waals surface area contributed by atoms with E-state index in [1.165, 1.54) is 0 Å². The van der Waals surface area contributed by atoms with Crippen molar-refractivity contribution in [1.29, 1.82) is 0 Å². The first-order valence-corrected chi connectivity index (χ1v) is 5.53. The average molecular weight is 228 g/mol. The van der Waals surface area contributed by atoms with Gasteiger partial charge in [0.25, 0.3) is 0 Å². The summed E-state index contributed by atoms with van der Waals surface area (Å²) in [5, 5.41) is 0. The van der Waals surface area contributed by atoms with E-state index in [-0.39, 0.29) is 5.41 Å². The zero-order valence-electron chi connectivity index (χ0n) is 9.89. The highest BCUT2D eigenvalue weighted by Gasteiger charge is 2.26. The summed E-state index contributed by atoms with van der Waals surface area (Å²) in [4.78, 5) is 3.99. The molecule has 3 nitrogen and oxygen atoms in total. The van der Waals surface area contributed by atoms with Gasteiger partial charge in [0.1, 0.15) is 11.5 Å². The number of rotatable bonds is 3. The largest absolute Gasteiger partial charge is 0.456 e. The van der Waals surface area contributed by atoms with Gasteiger partial charge in [-0.05, 0) is 24.6 Å². The smallest absolute Gasteiger partial charge is 0.145 e. The van der Waals surface area contributed by atoms with Crippen LogP contribution in [-0.4, -0.2) is 4.98 Å². The fourth-order valence-corrected chi connectivity index (χ4v) is 1.62. The molecular formula is C14H16N2O. The SMILES string of the molecule is C=CC1(C)CC=C(Oc2cccnc2)C=C1N. The summed E-state index contributed by atoms with van der Waals surface area (Å²) in [6.07, 6.45) is 9.92. The Morgan fingerprint density at radius 1 is 1.59 bits per heavy atom. The van der Waals surface area contributed by atoms with Crippen LogP contribution in [0.4, 0.5) is 0 Å². The highest BCUT2D eigenvalue weighted by molar-refractivity contribution is 5.33. The van der Waals surface area contributed by atoms with Gasteiger partial charge in [-0.3, -0.25) is 4.98 Å². The number of nitrogens with zero attached hydrogens (tertiary/aromatic N) is 1. The molecule has 1 aliphatic carbocycles. The highest BCUT2D eigenvalue weighted by Crippen LogP contribution is 2.34. The molecular weight excluding hydrogens is 212 g/mol. The molecule has 3 heteroatoms. The molecule has 0 saturated heterocycles. The van der Waals surface area contributed by atoms with Crippen LogP contribution in [0.5, 0.6) is 5.75 Å². The Balaban J connectivity index is 2.14. The van der Waals surface area contributed by atoms with E-state index in [1.807, 2.05) is 30.4 Å². The van der Waals surface area contributed by atoms with Crippen LogP contribution in [0.1, 0.15) is 13.3 Å². The summed E-state index contributed by atoms with van der Waals surface area (Å²) >= 11 is 0. The Kier molecular flexibility index (Phi) is 3.00. The number of ether oxygens (including phenoxy) is 1. The van der Waals surface area contributed by atoms with E-state index in [9.17, 15) is 0 Å². The maximum atomic E-state index is 6.02. The Morgan fingerprint density at radius 2 is 2.41 bits per heavy atom. The highest BCUT2D eigenvalue weighted by atomic mass is 16.5. The first kappa shape index (κ1) is 11.5. The standard InChI is InChI=1S/C14H16N2O/c1-3-14(2)7-6-11(9-13(14)15)17-12-5-4-8-16-10-12/h3-6,8-10H,1,7,15H2,2H3. The van der Waals surface area contributed by atoms with Crippen molar-refractivity contribution in [1.82, 2.24) is 4.98 Å². The summed E-state index contributed by atoms with van der Waals surface area (Å²) in [6.45, 7) is 5.87. The van der Waals surface area contributed by atoms with Crippen molar-refractivity contribution in [2.45, 2.75) is 13.3 Å². The van der Waals surface area contributed by atoms with Crippen LogP contribution in [0, 0.1) is 5.41 Å². The summed E-state index contributed by atoms with van der Waals surface area (Å²) in [5.41, 5.74) is 6.63. The lowest BCUT2D eigenvalue weighted by Gasteiger charge is -2.28. The van der Waals surface area contributed by atoms with Crippen molar-refractivity contribution in [3.63, 3.8) is 0 Å². The van der Waals surface area contributed by atoms with Crippen LogP contribution in [0.15, 0.2) is 60.8 Å². The molecule has 1 aromatic heterocycles. The number of allylic oxidation sites excluding steroid dienone is 3. The molecule has 0 fully saturated rings. The van der Waals surface area contributed by atoms with Crippen molar-refractivity contribution >= 4 is 0 Å². The Bertz CT molecular complexity index is 476. The molecule has 2 rings (SSSR count). The molecule has 1 aromatic rings. The molecule has 0 spiro atoms. The van der Waals surface area contributed by atoms with E-state index in [0.29, 0.717) is 5.75 Å². The van der Waals surface area contributed by atoms with Crippen molar-refractivity contribution in [3.8, 4) is 5.75 Å². The van der Waals surface area contributed by atoms with E-state index in [4.69, 9.17) is 10.5 Å². The van der Waals surface area contributed by atoms with Crippen LogP contribution < -0.4 is 10.5 Å². The molecule has 0 aromatic carbocycles. The van der Waals surface area contributed by atoms with Gasteiger partial charge < -0.3 is 10.5 Å². The number of pyridine rings is 1.